The molecular formula is C24H24N2O2. The quantitative estimate of drug-likeness (QED) is 0.561. The maximum atomic E-state index is 12.9. The van der Waals surface area contributed by atoms with Gasteiger partial charge < -0.3 is 4.98 Å². The van der Waals surface area contributed by atoms with E-state index in [0.717, 1.165) is 5.56 Å². The molecule has 4 rings (SSSR count). The molecule has 0 aliphatic heterocycles. The van der Waals surface area contributed by atoms with Gasteiger partial charge in [-0.3, -0.25) is 9.36 Å². The van der Waals surface area contributed by atoms with Crippen molar-refractivity contribution in [3.8, 4) is 0 Å². The van der Waals surface area contributed by atoms with Crippen LogP contribution in [-0.2, 0) is 6.42 Å². The molecule has 1 heterocycles. The Bertz CT molecular complexity index is 1280. The van der Waals surface area contributed by atoms with E-state index in [2.05, 4.69) is 55.2 Å². The van der Waals surface area contributed by atoms with Crippen molar-refractivity contribution in [3.63, 3.8) is 0 Å². The van der Waals surface area contributed by atoms with Gasteiger partial charge in [0.25, 0.3) is 5.56 Å². The summed E-state index contributed by atoms with van der Waals surface area (Å²) in [6.07, 6.45) is 0.614. The van der Waals surface area contributed by atoms with E-state index < -0.39 is 0 Å². The highest BCUT2D eigenvalue weighted by Gasteiger charge is 2.14. The Balaban J connectivity index is 1.72. The molecule has 28 heavy (non-hydrogen) atoms. The van der Waals surface area contributed by atoms with E-state index in [4.69, 9.17) is 0 Å². The molecule has 1 aromatic heterocycles. The van der Waals surface area contributed by atoms with Crippen LogP contribution < -0.4 is 11.2 Å². The van der Waals surface area contributed by atoms with Gasteiger partial charge in [0.1, 0.15) is 0 Å². The molecule has 142 valence electrons. The maximum Gasteiger partial charge on any atom is 0.329 e. The van der Waals surface area contributed by atoms with Gasteiger partial charge in [0.05, 0.1) is 10.9 Å². The van der Waals surface area contributed by atoms with Crippen LogP contribution in [0.3, 0.4) is 0 Å². The van der Waals surface area contributed by atoms with Gasteiger partial charge in [-0.05, 0) is 53.3 Å². The number of hydrogen-bond acceptors (Lipinski definition) is 2. The van der Waals surface area contributed by atoms with Crippen molar-refractivity contribution >= 4 is 21.7 Å². The van der Waals surface area contributed by atoms with Crippen LogP contribution >= 0.6 is 0 Å². The van der Waals surface area contributed by atoms with E-state index in [9.17, 15) is 9.59 Å². The number of aromatic amines is 1. The highest BCUT2D eigenvalue weighted by molar-refractivity contribution is 5.84. The van der Waals surface area contributed by atoms with Crippen molar-refractivity contribution in [2.24, 2.45) is 0 Å². The van der Waals surface area contributed by atoms with Gasteiger partial charge >= 0.3 is 5.69 Å². The molecule has 0 amide bonds. The standard InChI is InChI=1S/C24H24N2O2/c1-15(2)19-11-10-18-9-8-17(13-20(18)14-19)12-16(3)26-23(27)21-6-4-5-7-22(21)25-24(26)28/h4-11,13-16H,12H2,1-3H3,(H,25,28). The molecule has 0 radical (unpaired) electrons. The lowest BCUT2D eigenvalue weighted by molar-refractivity contribution is 0.506. The van der Waals surface area contributed by atoms with Crippen molar-refractivity contribution < 1.29 is 0 Å². The fourth-order valence-corrected chi connectivity index (χ4v) is 3.81. The van der Waals surface area contributed by atoms with Crippen LogP contribution in [-0.4, -0.2) is 9.55 Å². The molecule has 0 aliphatic rings. The molecule has 0 spiro atoms. The summed E-state index contributed by atoms with van der Waals surface area (Å²) in [5.41, 5.74) is 2.39. The van der Waals surface area contributed by atoms with Crippen LogP contribution in [0.4, 0.5) is 0 Å². The van der Waals surface area contributed by atoms with Crippen LogP contribution in [0.5, 0.6) is 0 Å². The van der Waals surface area contributed by atoms with Crippen LogP contribution in [0.2, 0.25) is 0 Å². The predicted octanol–water partition coefficient (Wildman–Crippen LogP) is 4.77. The molecule has 0 bridgehead atoms. The molecule has 3 aromatic carbocycles. The molecule has 0 saturated heterocycles. The first-order chi connectivity index (χ1) is 13.4. The summed E-state index contributed by atoms with van der Waals surface area (Å²) < 4.78 is 1.33. The number of nitrogens with one attached hydrogen (secondary N) is 1. The minimum absolute atomic E-state index is 0.241. The topological polar surface area (TPSA) is 54.9 Å². The Morgan fingerprint density at radius 2 is 1.64 bits per heavy atom. The molecule has 1 unspecified atom stereocenters. The van der Waals surface area contributed by atoms with Crippen LogP contribution in [0, 0.1) is 0 Å². The Morgan fingerprint density at radius 3 is 2.43 bits per heavy atom. The average Bonchev–Trinajstić information content (AvgIpc) is 2.67. The number of rotatable bonds is 4. The third-order valence-corrected chi connectivity index (χ3v) is 5.40. The Hall–Kier alpha value is -3.14. The van der Waals surface area contributed by atoms with Crippen molar-refractivity contribution in [1.82, 2.24) is 9.55 Å². The summed E-state index contributed by atoms with van der Waals surface area (Å²) in [7, 11) is 0. The Morgan fingerprint density at radius 1 is 0.893 bits per heavy atom. The van der Waals surface area contributed by atoms with Gasteiger partial charge in [0, 0.05) is 6.04 Å². The highest BCUT2D eigenvalue weighted by atomic mass is 16.2. The normalized spacial score (nSPS) is 12.7. The molecule has 0 fully saturated rings. The number of H-pyrrole nitrogens is 1. The number of hydrogen-bond donors (Lipinski definition) is 1. The van der Waals surface area contributed by atoms with Crippen LogP contribution in [0.15, 0.2) is 70.3 Å². The summed E-state index contributed by atoms with van der Waals surface area (Å²) in [5, 5.41) is 2.92. The fraction of sp³-hybridized carbons (Fsp3) is 0.250. The van der Waals surface area contributed by atoms with Gasteiger partial charge in [-0.15, -0.1) is 0 Å². The molecule has 0 saturated carbocycles. The second-order valence-corrected chi connectivity index (χ2v) is 7.80. The Labute approximate surface area is 163 Å². The lowest BCUT2D eigenvalue weighted by Gasteiger charge is -2.15. The van der Waals surface area contributed by atoms with Gasteiger partial charge in [-0.1, -0.05) is 62.4 Å². The van der Waals surface area contributed by atoms with Gasteiger partial charge in [0.15, 0.2) is 0 Å². The number of benzene rings is 3. The first-order valence-electron chi connectivity index (χ1n) is 9.70. The van der Waals surface area contributed by atoms with E-state index >= 15 is 0 Å². The maximum absolute atomic E-state index is 12.9. The molecular weight excluding hydrogens is 348 g/mol. The van der Waals surface area contributed by atoms with Crippen molar-refractivity contribution in [1.29, 1.82) is 0 Å². The van der Waals surface area contributed by atoms with Crippen molar-refractivity contribution in [3.05, 3.63) is 92.6 Å². The van der Waals surface area contributed by atoms with Crippen LogP contribution in [0.25, 0.3) is 21.7 Å². The number of fused-ring (bicyclic) bond motifs is 2. The smallest absolute Gasteiger partial charge is 0.307 e. The highest BCUT2D eigenvalue weighted by Crippen LogP contribution is 2.24. The zero-order chi connectivity index (χ0) is 19.8. The molecule has 1 N–H and O–H groups in total. The molecule has 4 heteroatoms. The minimum atomic E-state index is -0.362. The van der Waals surface area contributed by atoms with Crippen molar-refractivity contribution in [2.45, 2.75) is 39.2 Å². The lowest BCUT2D eigenvalue weighted by atomic mass is 9.97. The molecule has 4 aromatic rings. The zero-order valence-electron chi connectivity index (χ0n) is 16.4. The summed E-state index contributed by atoms with van der Waals surface area (Å²) in [4.78, 5) is 28.2. The molecule has 4 nitrogen and oxygen atoms in total. The minimum Gasteiger partial charge on any atom is -0.307 e. The summed E-state index contributed by atoms with van der Waals surface area (Å²) in [6.45, 7) is 6.29. The first kappa shape index (κ1) is 18.2. The third kappa shape index (κ3) is 3.26. The third-order valence-electron chi connectivity index (χ3n) is 5.40. The van der Waals surface area contributed by atoms with Gasteiger partial charge in [-0.2, -0.15) is 0 Å². The van der Waals surface area contributed by atoms with E-state index in [1.807, 2.05) is 19.1 Å². The second kappa shape index (κ2) is 7.12. The summed E-state index contributed by atoms with van der Waals surface area (Å²) in [5.74, 6) is 0.474. The fourth-order valence-electron chi connectivity index (χ4n) is 3.81. The summed E-state index contributed by atoms with van der Waals surface area (Å²) in [6, 6.07) is 19.8. The number of para-hydroxylation sites is 1. The lowest BCUT2D eigenvalue weighted by Crippen LogP contribution is -2.37. The average molecular weight is 372 g/mol. The number of nitrogens with zero attached hydrogens (tertiary/aromatic N) is 1. The van der Waals surface area contributed by atoms with E-state index in [0.29, 0.717) is 23.2 Å². The SMILES string of the molecule is CC(C)c1ccc2ccc(CC(C)n3c(=O)[nH]c4ccccc4c3=O)cc2c1. The molecule has 1 atom stereocenters. The Kier molecular flexibility index (Phi) is 4.63. The zero-order valence-corrected chi connectivity index (χ0v) is 16.4. The van der Waals surface area contributed by atoms with E-state index in [1.165, 1.54) is 20.9 Å². The summed E-state index contributed by atoms with van der Waals surface area (Å²) >= 11 is 0. The van der Waals surface area contributed by atoms with Crippen molar-refractivity contribution in [2.75, 3.05) is 0 Å². The second-order valence-electron chi connectivity index (χ2n) is 7.80. The molecule has 0 aliphatic carbocycles. The van der Waals surface area contributed by atoms with Gasteiger partial charge in [-0.25, -0.2) is 4.79 Å². The first-order valence-corrected chi connectivity index (χ1v) is 9.70. The monoisotopic (exact) mass is 372 g/mol. The number of aromatic nitrogens is 2. The van der Waals surface area contributed by atoms with Gasteiger partial charge in [0.2, 0.25) is 0 Å². The van der Waals surface area contributed by atoms with Crippen LogP contribution in [0.1, 0.15) is 43.9 Å². The van der Waals surface area contributed by atoms with E-state index in [1.54, 1.807) is 12.1 Å². The largest absolute Gasteiger partial charge is 0.329 e. The van der Waals surface area contributed by atoms with E-state index in [-0.39, 0.29) is 17.3 Å². The predicted molar refractivity (Wildman–Crippen MR) is 115 cm³/mol.